The van der Waals surface area contributed by atoms with Gasteiger partial charge < -0.3 is 74.4 Å². The Balaban J connectivity index is 1.03. The fourth-order valence-electron chi connectivity index (χ4n) is 15.7. The van der Waals surface area contributed by atoms with Gasteiger partial charge in [0.25, 0.3) is 0 Å². The van der Waals surface area contributed by atoms with E-state index in [0.29, 0.717) is 24.7 Å². The van der Waals surface area contributed by atoms with E-state index in [0.717, 1.165) is 56.9 Å². The number of fused-ring (bicyclic) bond motifs is 7. The molecule has 3 heterocycles. The highest BCUT2D eigenvalue weighted by Crippen LogP contribution is 2.77. The molecule has 5 saturated carbocycles. The maximum atomic E-state index is 13.1. The van der Waals surface area contributed by atoms with Crippen LogP contribution in [0.4, 0.5) is 0 Å². The average molecular weight is 897 g/mol. The van der Waals surface area contributed by atoms with Gasteiger partial charge in [-0.2, -0.15) is 0 Å². The van der Waals surface area contributed by atoms with Crippen molar-refractivity contribution in [1.29, 1.82) is 0 Å². The highest BCUT2D eigenvalue weighted by atomic mass is 16.8. The minimum absolute atomic E-state index is 0.000575. The van der Waals surface area contributed by atoms with Crippen molar-refractivity contribution in [1.82, 2.24) is 0 Å². The van der Waals surface area contributed by atoms with Crippen LogP contribution < -0.4 is 0 Å². The first-order valence-electron chi connectivity index (χ1n) is 23.6. The zero-order chi connectivity index (χ0) is 45.9. The lowest BCUT2D eigenvalue weighted by molar-refractivity contribution is -0.381. The maximum absolute atomic E-state index is 13.1. The van der Waals surface area contributed by atoms with Crippen LogP contribution in [0.5, 0.6) is 0 Å². The summed E-state index contributed by atoms with van der Waals surface area (Å²) in [5.74, 6) is 0.642. The molecule has 3 saturated heterocycles. The minimum Gasteiger partial charge on any atom is -0.481 e. The van der Waals surface area contributed by atoms with Gasteiger partial charge in [-0.05, 0) is 129 Å². The summed E-state index contributed by atoms with van der Waals surface area (Å²) in [4.78, 5) is 13.1. The van der Waals surface area contributed by atoms with Crippen molar-refractivity contribution in [3.8, 4) is 0 Å². The Morgan fingerprint density at radius 3 is 2.00 bits per heavy atom. The number of ether oxygens (including phenoxy) is 6. The van der Waals surface area contributed by atoms with E-state index < -0.39 is 109 Å². The van der Waals surface area contributed by atoms with Gasteiger partial charge in [0, 0.05) is 0 Å². The average Bonchev–Trinajstić information content (AvgIpc) is 3.64. The molecule has 8 aliphatic rings. The highest BCUT2D eigenvalue weighted by molar-refractivity contribution is 5.76. The molecular formula is C47H76O16. The third kappa shape index (κ3) is 7.33. The lowest BCUT2D eigenvalue weighted by atomic mass is 9.32. The number of hydrogen-bond acceptors (Lipinski definition) is 15. The van der Waals surface area contributed by atoms with Gasteiger partial charge in [0.05, 0.1) is 30.8 Å². The van der Waals surface area contributed by atoms with E-state index in [-0.39, 0.29) is 46.7 Å². The summed E-state index contributed by atoms with van der Waals surface area (Å²) < 4.78 is 36.7. The van der Waals surface area contributed by atoms with Gasteiger partial charge in [-0.25, -0.2) is 0 Å². The summed E-state index contributed by atoms with van der Waals surface area (Å²) in [7, 11) is 0. The summed E-state index contributed by atoms with van der Waals surface area (Å²) in [6, 6.07) is 0. The molecule has 16 nitrogen and oxygen atoms in total. The number of allylic oxidation sites excluding steroid dienone is 1. The molecule has 0 amide bonds. The molecule has 0 bridgehead atoms. The van der Waals surface area contributed by atoms with E-state index in [9.17, 15) is 50.8 Å². The lowest BCUT2D eigenvalue weighted by Crippen LogP contribution is -2.67. The number of hydrogen-bond donors (Lipinski definition) is 9. The number of rotatable bonds is 9. The molecule has 0 aromatic carbocycles. The fraction of sp³-hybridized carbons (Fsp3) is 0.936. The maximum Gasteiger partial charge on any atom is 0.309 e. The molecular weight excluding hydrogens is 821 g/mol. The Kier molecular flexibility index (Phi) is 13.0. The first-order chi connectivity index (χ1) is 29.5. The summed E-state index contributed by atoms with van der Waals surface area (Å²) in [5, 5.41) is 96.0. The van der Waals surface area contributed by atoms with Crippen molar-refractivity contribution in [3.05, 3.63) is 12.2 Å². The van der Waals surface area contributed by atoms with Crippen molar-refractivity contribution in [2.24, 2.45) is 56.7 Å². The first-order valence-corrected chi connectivity index (χ1v) is 23.6. The van der Waals surface area contributed by atoms with Gasteiger partial charge in [0.2, 0.25) is 0 Å². The predicted octanol–water partition coefficient (Wildman–Crippen LogP) is 2.23. The Morgan fingerprint density at radius 1 is 0.683 bits per heavy atom. The Hall–Kier alpha value is -1.35. The Bertz CT molecular complexity index is 1700. The van der Waals surface area contributed by atoms with E-state index in [1.54, 1.807) is 0 Å². The van der Waals surface area contributed by atoms with Gasteiger partial charge in [-0.3, -0.25) is 4.79 Å². The van der Waals surface area contributed by atoms with E-state index in [1.165, 1.54) is 6.92 Å². The number of aliphatic hydroxyl groups excluding tert-OH is 8. The van der Waals surface area contributed by atoms with Crippen molar-refractivity contribution < 1.29 is 79.2 Å². The topological polar surface area (TPSA) is 255 Å². The normalized spacial score (nSPS) is 55.5. The summed E-state index contributed by atoms with van der Waals surface area (Å²) in [6.07, 6.45) is -12.2. The van der Waals surface area contributed by atoms with Crippen LogP contribution in [0.15, 0.2) is 12.2 Å². The number of carboxylic acids is 1. The van der Waals surface area contributed by atoms with Crippen LogP contribution in [0.3, 0.4) is 0 Å². The smallest absolute Gasteiger partial charge is 0.309 e. The first kappa shape index (κ1) is 48.1. The number of carboxylic acid groups (broad SMARTS) is 1. The number of aliphatic carboxylic acids is 1. The number of aliphatic hydroxyl groups is 8. The van der Waals surface area contributed by atoms with Gasteiger partial charge >= 0.3 is 5.97 Å². The van der Waals surface area contributed by atoms with Crippen LogP contribution >= 0.6 is 0 Å². The van der Waals surface area contributed by atoms with Crippen LogP contribution in [-0.4, -0.2) is 157 Å². The second-order valence-electron chi connectivity index (χ2n) is 22.5. The molecule has 24 atom stereocenters. The van der Waals surface area contributed by atoms with Crippen molar-refractivity contribution in [3.63, 3.8) is 0 Å². The third-order valence-corrected chi connectivity index (χ3v) is 19.4. The molecule has 0 aromatic heterocycles. The highest BCUT2D eigenvalue weighted by Gasteiger charge is 2.72. The zero-order valence-corrected chi connectivity index (χ0v) is 38.1. The lowest BCUT2D eigenvalue weighted by Gasteiger charge is -2.73. The van der Waals surface area contributed by atoms with Gasteiger partial charge in [0.1, 0.15) is 61.0 Å². The van der Waals surface area contributed by atoms with Crippen LogP contribution in [0, 0.1) is 56.7 Å². The van der Waals surface area contributed by atoms with Crippen molar-refractivity contribution >= 4 is 5.97 Å². The molecule has 3 aliphatic heterocycles. The Morgan fingerprint density at radius 2 is 1.35 bits per heavy atom. The largest absolute Gasteiger partial charge is 0.481 e. The standard InChI is InChI=1S/C47H76O16/c1-21(2)23-11-16-47(42(56)57)18-17-45(7)24(30(23)47)9-10-28-44(6)14-13-29(43(4,5)27(44)12-15-46(28,45)8)62-41-38(63-39-36(54)34(52)31(49)22(3)59-39)33(51)26(20-58-41)61-40-37(55)35(53)32(50)25(19-48)60-40/h22-41,48-55H,1,9-20H2,2-8H3,(H,56,57)/t22-,23-,24?,25+,26?,27?,28?,29-,30?,31-,32+,33-,34+,35-,36+,37+,38+,39-,40-,41-,44-,45+,46+,47+/m0/s1. The molecule has 0 radical (unpaired) electrons. The summed E-state index contributed by atoms with van der Waals surface area (Å²) >= 11 is 0. The third-order valence-electron chi connectivity index (χ3n) is 19.4. The molecule has 360 valence electrons. The van der Waals surface area contributed by atoms with Gasteiger partial charge in [-0.15, -0.1) is 0 Å². The van der Waals surface area contributed by atoms with Crippen LogP contribution in [0.25, 0.3) is 0 Å². The van der Waals surface area contributed by atoms with Crippen molar-refractivity contribution in [2.45, 2.75) is 205 Å². The number of carbonyl (C=O) groups is 1. The summed E-state index contributed by atoms with van der Waals surface area (Å²) in [5.41, 5.74) is -0.0393. The molecule has 63 heavy (non-hydrogen) atoms. The molecule has 8 fully saturated rings. The van der Waals surface area contributed by atoms with E-state index in [1.807, 2.05) is 0 Å². The quantitative estimate of drug-likeness (QED) is 0.119. The molecule has 5 aliphatic carbocycles. The molecule has 5 unspecified atom stereocenters. The SMILES string of the molecule is C=C(C)[C@@H]1CC[C@@]2(C(=O)O)CC[C@]3(C)C(CCC4[C@@]5(C)CC[C@H](O[C@@H]6OCC(O[C@@H]7O[C@H](CO)[C@@H](O)[C@H](O)[C@H]7O)[C@H](O)[C@H]6O[C@@H]6O[C@@H](C)[C@H](O)[C@@H](O)[C@H]6O)C(C)(C)C5CC[C@]43C)C12. The minimum atomic E-state index is -1.75. The zero-order valence-electron chi connectivity index (χ0n) is 38.1. The van der Waals surface area contributed by atoms with E-state index in [2.05, 4.69) is 48.1 Å². The monoisotopic (exact) mass is 897 g/mol. The van der Waals surface area contributed by atoms with Gasteiger partial charge in [0.15, 0.2) is 18.9 Å². The second kappa shape index (κ2) is 17.0. The molecule has 16 heteroatoms. The molecule has 9 N–H and O–H groups in total. The van der Waals surface area contributed by atoms with Crippen LogP contribution in [0.1, 0.15) is 113 Å². The van der Waals surface area contributed by atoms with Crippen molar-refractivity contribution in [2.75, 3.05) is 13.2 Å². The van der Waals surface area contributed by atoms with Crippen LogP contribution in [0.2, 0.25) is 0 Å². The van der Waals surface area contributed by atoms with Crippen LogP contribution in [-0.2, 0) is 33.2 Å². The van der Waals surface area contributed by atoms with E-state index in [4.69, 9.17) is 28.4 Å². The summed E-state index contributed by atoms with van der Waals surface area (Å²) in [6.45, 7) is 19.0. The van der Waals surface area contributed by atoms with Gasteiger partial charge in [-0.1, -0.05) is 46.8 Å². The molecule has 0 aromatic rings. The fourth-order valence-corrected chi connectivity index (χ4v) is 15.7. The van der Waals surface area contributed by atoms with E-state index >= 15 is 0 Å². The molecule has 8 rings (SSSR count). The second-order valence-corrected chi connectivity index (χ2v) is 22.5. The Labute approximate surface area is 371 Å². The predicted molar refractivity (Wildman–Crippen MR) is 223 cm³/mol. The molecule has 0 spiro atoms.